The predicted octanol–water partition coefficient (Wildman–Crippen LogP) is 3.85. The minimum atomic E-state index is -3.18. The highest BCUT2D eigenvalue weighted by molar-refractivity contribution is 7.54. The van der Waals surface area contributed by atoms with Crippen LogP contribution in [-0.2, 0) is 13.6 Å². The van der Waals surface area contributed by atoms with Crippen LogP contribution in [0.15, 0.2) is 36.4 Å². The summed E-state index contributed by atoms with van der Waals surface area (Å²) in [5, 5.41) is 0. The third-order valence-electron chi connectivity index (χ3n) is 2.73. The monoisotopic (exact) mass is 297 g/mol. The molecule has 112 valence electrons. The Morgan fingerprint density at radius 2 is 1.70 bits per heavy atom. The fraction of sp³-hybridized carbons (Fsp3) is 0.467. The highest BCUT2D eigenvalue weighted by atomic mass is 31.2. The molecule has 0 aliphatic rings. The molecule has 0 radical (unpaired) electrons. The van der Waals surface area contributed by atoms with Crippen LogP contribution in [0.25, 0.3) is 6.08 Å². The zero-order valence-electron chi connectivity index (χ0n) is 12.7. The van der Waals surface area contributed by atoms with Gasteiger partial charge in [-0.15, -0.1) is 0 Å². The summed E-state index contributed by atoms with van der Waals surface area (Å²) in [6, 6.07) is 9.89. The Bertz CT molecular complexity index is 449. The number of hydrogen-bond donors (Lipinski definition) is 0. The maximum absolute atomic E-state index is 12.8. The molecule has 1 rings (SSSR count). The average molecular weight is 297 g/mol. The molecule has 4 nitrogen and oxygen atoms in total. The van der Waals surface area contributed by atoms with Crippen molar-refractivity contribution in [3.05, 3.63) is 42.0 Å². The van der Waals surface area contributed by atoms with Crippen molar-refractivity contribution in [2.75, 3.05) is 27.3 Å². The Hall–Kier alpha value is -0.930. The summed E-state index contributed by atoms with van der Waals surface area (Å²) >= 11 is 0. The van der Waals surface area contributed by atoms with E-state index in [1.165, 1.54) is 0 Å². The summed E-state index contributed by atoms with van der Waals surface area (Å²) in [7, 11) is 0.548. The first-order valence-corrected chi connectivity index (χ1v) is 8.43. The Morgan fingerprint density at radius 1 is 1.15 bits per heavy atom. The summed E-state index contributed by atoms with van der Waals surface area (Å²) in [5.74, 6) is -0.400. The van der Waals surface area contributed by atoms with Crippen molar-refractivity contribution < 1.29 is 13.6 Å². The molecular weight excluding hydrogens is 273 g/mol. The molecule has 5 heteroatoms. The summed E-state index contributed by atoms with van der Waals surface area (Å²) in [6.45, 7) is 4.36. The second-order valence-corrected chi connectivity index (χ2v) is 6.65. The summed E-state index contributed by atoms with van der Waals surface area (Å²) < 4.78 is 23.7. The molecule has 1 aromatic carbocycles. The molecule has 1 aromatic rings. The van der Waals surface area contributed by atoms with Gasteiger partial charge >= 0.3 is 7.60 Å². The van der Waals surface area contributed by atoms with Crippen LogP contribution in [0.2, 0.25) is 0 Å². The zero-order chi connectivity index (χ0) is 15.0. The molecule has 0 amide bonds. The van der Waals surface area contributed by atoms with E-state index in [9.17, 15) is 4.57 Å². The van der Waals surface area contributed by atoms with Crippen LogP contribution in [0, 0.1) is 0 Å². The van der Waals surface area contributed by atoms with Crippen LogP contribution in [0.4, 0.5) is 0 Å². The van der Waals surface area contributed by atoms with Crippen LogP contribution < -0.4 is 0 Å². The second-order valence-electron chi connectivity index (χ2n) is 4.52. The standard InChI is InChI=1S/C15H24NO3P/c1-5-18-20(17,19-6-2)15(16(3)4)13-12-14-10-8-7-9-11-14/h7-13,15H,5-6H2,1-4H3/b13-12+. The fourth-order valence-corrected chi connectivity index (χ4v) is 3.83. The molecule has 1 unspecified atom stereocenters. The van der Waals surface area contributed by atoms with Gasteiger partial charge in [0.25, 0.3) is 0 Å². The fourth-order valence-electron chi connectivity index (χ4n) is 1.87. The van der Waals surface area contributed by atoms with E-state index in [0.717, 1.165) is 5.56 Å². The molecule has 0 N–H and O–H groups in total. The molecule has 0 aromatic heterocycles. The van der Waals surface area contributed by atoms with Gasteiger partial charge in [-0.25, -0.2) is 0 Å². The first-order chi connectivity index (χ1) is 9.53. The molecule has 1 atom stereocenters. The van der Waals surface area contributed by atoms with Crippen molar-refractivity contribution in [2.45, 2.75) is 19.6 Å². The van der Waals surface area contributed by atoms with E-state index in [2.05, 4.69) is 0 Å². The molecule has 0 fully saturated rings. The average Bonchev–Trinajstić information content (AvgIpc) is 2.40. The normalized spacial score (nSPS) is 14.1. The first-order valence-electron chi connectivity index (χ1n) is 6.82. The van der Waals surface area contributed by atoms with Gasteiger partial charge in [0.2, 0.25) is 0 Å². The lowest BCUT2D eigenvalue weighted by Gasteiger charge is -2.28. The zero-order valence-corrected chi connectivity index (χ0v) is 13.5. The van der Waals surface area contributed by atoms with E-state index in [-0.39, 0.29) is 0 Å². The smallest absolute Gasteiger partial charge is 0.308 e. The van der Waals surface area contributed by atoms with Gasteiger partial charge in [-0.3, -0.25) is 9.46 Å². The van der Waals surface area contributed by atoms with Gasteiger partial charge in [-0.2, -0.15) is 0 Å². The Morgan fingerprint density at radius 3 is 2.15 bits per heavy atom. The van der Waals surface area contributed by atoms with E-state index in [4.69, 9.17) is 9.05 Å². The Balaban J connectivity index is 2.98. The van der Waals surface area contributed by atoms with Gasteiger partial charge in [0.1, 0.15) is 5.78 Å². The molecular formula is C15H24NO3P. The lowest BCUT2D eigenvalue weighted by Crippen LogP contribution is -2.27. The lowest BCUT2D eigenvalue weighted by molar-refractivity contribution is 0.196. The summed E-state index contributed by atoms with van der Waals surface area (Å²) in [6.07, 6.45) is 3.82. The van der Waals surface area contributed by atoms with Crippen LogP contribution >= 0.6 is 7.60 Å². The van der Waals surface area contributed by atoms with E-state index in [1.54, 1.807) is 0 Å². The van der Waals surface area contributed by atoms with Crippen molar-refractivity contribution in [1.29, 1.82) is 0 Å². The predicted molar refractivity (Wildman–Crippen MR) is 83.8 cm³/mol. The molecule has 0 spiro atoms. The number of hydrogen-bond acceptors (Lipinski definition) is 4. The maximum atomic E-state index is 12.8. The van der Waals surface area contributed by atoms with Gasteiger partial charge in [-0.1, -0.05) is 42.5 Å². The van der Waals surface area contributed by atoms with E-state index < -0.39 is 13.4 Å². The third kappa shape index (κ3) is 4.88. The largest absolute Gasteiger partial charge is 0.351 e. The van der Waals surface area contributed by atoms with Crippen LogP contribution in [0.1, 0.15) is 19.4 Å². The van der Waals surface area contributed by atoms with E-state index in [0.29, 0.717) is 13.2 Å². The highest BCUT2D eigenvalue weighted by Crippen LogP contribution is 2.54. The number of likely N-dealkylation sites (N-methyl/N-ethyl adjacent to an activating group) is 1. The van der Waals surface area contributed by atoms with Crippen LogP contribution in [0.5, 0.6) is 0 Å². The molecule has 0 heterocycles. The van der Waals surface area contributed by atoms with Crippen LogP contribution in [0.3, 0.4) is 0 Å². The van der Waals surface area contributed by atoms with Gasteiger partial charge in [0, 0.05) is 0 Å². The molecule has 0 saturated carbocycles. The number of nitrogens with zero attached hydrogens (tertiary/aromatic N) is 1. The molecule has 0 saturated heterocycles. The number of benzene rings is 1. The Labute approximate surface area is 121 Å². The second kappa shape index (κ2) is 8.38. The molecule has 0 aliphatic heterocycles. The van der Waals surface area contributed by atoms with Crippen molar-refractivity contribution in [3.63, 3.8) is 0 Å². The Kier molecular flexibility index (Phi) is 7.17. The van der Waals surface area contributed by atoms with Crippen molar-refractivity contribution in [1.82, 2.24) is 4.90 Å². The van der Waals surface area contributed by atoms with Gasteiger partial charge in [-0.05, 0) is 33.5 Å². The van der Waals surface area contributed by atoms with Crippen molar-refractivity contribution in [2.24, 2.45) is 0 Å². The van der Waals surface area contributed by atoms with E-state index in [1.807, 2.05) is 75.3 Å². The molecule has 20 heavy (non-hydrogen) atoms. The van der Waals surface area contributed by atoms with Gasteiger partial charge in [0.15, 0.2) is 0 Å². The first kappa shape index (κ1) is 17.1. The number of rotatable bonds is 8. The molecule has 0 aliphatic carbocycles. The third-order valence-corrected chi connectivity index (χ3v) is 5.25. The lowest BCUT2D eigenvalue weighted by atomic mass is 10.2. The van der Waals surface area contributed by atoms with E-state index >= 15 is 0 Å². The SMILES string of the molecule is CCOP(=O)(OCC)C(/C=C/c1ccccc1)N(C)C. The minimum absolute atomic E-state index is 0.362. The molecule has 0 bridgehead atoms. The van der Waals surface area contributed by atoms with Crippen molar-refractivity contribution in [3.8, 4) is 0 Å². The summed E-state index contributed by atoms with van der Waals surface area (Å²) in [4.78, 5) is 1.85. The quantitative estimate of drug-likeness (QED) is 0.683. The van der Waals surface area contributed by atoms with Gasteiger partial charge in [0.05, 0.1) is 13.2 Å². The topological polar surface area (TPSA) is 38.8 Å². The highest BCUT2D eigenvalue weighted by Gasteiger charge is 2.35. The minimum Gasteiger partial charge on any atom is -0.308 e. The summed E-state index contributed by atoms with van der Waals surface area (Å²) in [5.41, 5.74) is 1.05. The van der Waals surface area contributed by atoms with Crippen molar-refractivity contribution >= 4 is 13.7 Å². The van der Waals surface area contributed by atoms with Crippen LogP contribution in [-0.4, -0.2) is 38.0 Å². The maximum Gasteiger partial charge on any atom is 0.351 e. The van der Waals surface area contributed by atoms with Gasteiger partial charge < -0.3 is 9.05 Å².